The van der Waals surface area contributed by atoms with Crippen molar-refractivity contribution in [3.8, 4) is 5.75 Å². The Morgan fingerprint density at radius 2 is 1.79 bits per heavy atom. The fourth-order valence-electron chi connectivity index (χ4n) is 4.19. The third-order valence-electron chi connectivity index (χ3n) is 6.33. The number of hydrogen-bond acceptors (Lipinski definition) is 5. The second kappa shape index (κ2) is 10.1. The predicted molar refractivity (Wildman–Crippen MR) is 138 cm³/mol. The molecule has 2 N–H and O–H groups in total. The zero-order valence-corrected chi connectivity index (χ0v) is 20.1. The van der Waals surface area contributed by atoms with Gasteiger partial charge in [-0.1, -0.05) is 26.0 Å². The molecule has 0 spiro atoms. The van der Waals surface area contributed by atoms with E-state index in [9.17, 15) is 4.79 Å². The van der Waals surface area contributed by atoms with Crippen molar-refractivity contribution in [2.45, 2.75) is 19.8 Å². The van der Waals surface area contributed by atoms with Gasteiger partial charge < -0.3 is 20.1 Å². The van der Waals surface area contributed by atoms with E-state index in [1.165, 1.54) is 0 Å². The Balaban J connectivity index is 1.57. The summed E-state index contributed by atoms with van der Waals surface area (Å²) in [5.41, 5.74) is 6.48. The third-order valence-corrected chi connectivity index (χ3v) is 6.33. The normalized spacial score (nSPS) is 16.9. The van der Waals surface area contributed by atoms with E-state index in [4.69, 9.17) is 14.8 Å². The molecule has 3 aromatic carbocycles. The van der Waals surface area contributed by atoms with E-state index in [0.717, 1.165) is 39.7 Å². The number of rotatable bonds is 7. The first kappa shape index (κ1) is 23.5. The summed E-state index contributed by atoms with van der Waals surface area (Å²) < 4.78 is 5.58. The molecule has 34 heavy (non-hydrogen) atoms. The molecule has 1 aliphatic heterocycles. The number of carbonyl (C=O) groups excluding carboxylic acids is 1. The minimum absolute atomic E-state index is 0.0216. The van der Waals surface area contributed by atoms with Gasteiger partial charge in [0.1, 0.15) is 12.4 Å². The van der Waals surface area contributed by atoms with Gasteiger partial charge in [-0.05, 0) is 71.6 Å². The number of amides is 1. The minimum atomic E-state index is -0.134. The molecular formula is C28H31N3O3. The molecule has 0 bridgehead atoms. The molecule has 3 aromatic rings. The maximum Gasteiger partial charge on any atom is 0.255 e. The van der Waals surface area contributed by atoms with E-state index in [1.54, 1.807) is 0 Å². The number of nitrogens with zero attached hydrogens (tertiary/aromatic N) is 2. The number of benzene rings is 3. The summed E-state index contributed by atoms with van der Waals surface area (Å²) in [4.78, 5) is 19.7. The highest BCUT2D eigenvalue weighted by Crippen LogP contribution is 2.41. The fourth-order valence-corrected chi connectivity index (χ4v) is 4.19. The van der Waals surface area contributed by atoms with Gasteiger partial charge in [0, 0.05) is 37.0 Å². The third kappa shape index (κ3) is 4.97. The van der Waals surface area contributed by atoms with Crippen LogP contribution in [0.3, 0.4) is 0 Å². The van der Waals surface area contributed by atoms with Crippen LogP contribution >= 0.6 is 0 Å². The van der Waals surface area contributed by atoms with Gasteiger partial charge in [-0.3, -0.25) is 9.79 Å². The first-order chi connectivity index (χ1) is 16.4. The number of carbonyl (C=O) groups is 1. The Labute approximate surface area is 200 Å². The predicted octanol–water partition coefficient (Wildman–Crippen LogP) is 5.25. The zero-order chi connectivity index (χ0) is 24.2. The maximum absolute atomic E-state index is 12.8. The number of nitrogens with one attached hydrogen (secondary N) is 1. The van der Waals surface area contributed by atoms with E-state index < -0.39 is 0 Å². The minimum Gasteiger partial charge on any atom is -0.491 e. The Hall–Kier alpha value is -3.64. The van der Waals surface area contributed by atoms with Gasteiger partial charge in [0.2, 0.25) is 0 Å². The summed E-state index contributed by atoms with van der Waals surface area (Å²) in [6.45, 7) is 4.60. The van der Waals surface area contributed by atoms with E-state index in [-0.39, 0.29) is 31.0 Å². The second-order valence-corrected chi connectivity index (χ2v) is 8.84. The van der Waals surface area contributed by atoms with Gasteiger partial charge >= 0.3 is 0 Å². The van der Waals surface area contributed by atoms with Crippen LogP contribution in [0.25, 0.3) is 0 Å². The SMILES string of the molecule is CC1C(c2cccc(OCCO)c2)=Nc2ccc(NC(=O)c3ccc(N(C)C)cc3)cc2C1C. The smallest absolute Gasteiger partial charge is 0.255 e. The summed E-state index contributed by atoms with van der Waals surface area (Å²) in [7, 11) is 3.94. The molecule has 2 unspecified atom stereocenters. The summed E-state index contributed by atoms with van der Waals surface area (Å²) in [5.74, 6) is 0.994. The standard InChI is InChI=1S/C28H31N3O3/c1-18-19(2)27(21-6-5-7-24(16-21)34-15-14-32)30-26-13-10-22(17-25(18)26)29-28(33)20-8-11-23(12-9-20)31(3)4/h5-13,16-19,32H,14-15H2,1-4H3,(H,29,33). The van der Waals surface area contributed by atoms with Crippen molar-refractivity contribution in [2.75, 3.05) is 37.5 Å². The lowest BCUT2D eigenvalue weighted by atomic mass is 9.80. The van der Waals surface area contributed by atoms with Crippen molar-refractivity contribution < 1.29 is 14.6 Å². The van der Waals surface area contributed by atoms with E-state index >= 15 is 0 Å². The number of aliphatic hydroxyl groups excluding tert-OH is 1. The molecular weight excluding hydrogens is 426 g/mol. The lowest BCUT2D eigenvalue weighted by molar-refractivity contribution is 0.102. The Morgan fingerprint density at radius 1 is 1.03 bits per heavy atom. The number of aliphatic hydroxyl groups is 1. The quantitative estimate of drug-likeness (QED) is 0.508. The van der Waals surface area contributed by atoms with Crippen LogP contribution < -0.4 is 15.0 Å². The number of fused-ring (bicyclic) bond motifs is 1. The first-order valence-corrected chi connectivity index (χ1v) is 11.5. The first-order valence-electron chi connectivity index (χ1n) is 11.5. The summed E-state index contributed by atoms with van der Waals surface area (Å²) in [5, 5.41) is 12.1. The highest BCUT2D eigenvalue weighted by Gasteiger charge is 2.28. The molecule has 6 heteroatoms. The van der Waals surface area contributed by atoms with Crippen LogP contribution in [-0.4, -0.2) is 44.0 Å². The topological polar surface area (TPSA) is 74.2 Å². The van der Waals surface area contributed by atoms with Crippen LogP contribution in [0.4, 0.5) is 17.1 Å². The molecule has 6 nitrogen and oxygen atoms in total. The number of ether oxygens (including phenoxy) is 1. The van der Waals surface area contributed by atoms with Crippen LogP contribution in [0.5, 0.6) is 5.75 Å². The maximum atomic E-state index is 12.8. The van der Waals surface area contributed by atoms with Crippen LogP contribution in [0.15, 0.2) is 71.7 Å². The van der Waals surface area contributed by atoms with Crippen LogP contribution in [0.2, 0.25) is 0 Å². The molecule has 0 saturated heterocycles. The molecule has 4 rings (SSSR count). The molecule has 1 aliphatic rings. The van der Waals surface area contributed by atoms with Crippen molar-refractivity contribution in [3.63, 3.8) is 0 Å². The number of anilines is 2. The van der Waals surface area contributed by atoms with Crippen LogP contribution in [0.1, 0.15) is 41.3 Å². The van der Waals surface area contributed by atoms with Crippen molar-refractivity contribution in [1.29, 1.82) is 0 Å². The molecule has 0 aromatic heterocycles. The highest BCUT2D eigenvalue weighted by atomic mass is 16.5. The van der Waals surface area contributed by atoms with Gasteiger partial charge in [-0.25, -0.2) is 0 Å². The van der Waals surface area contributed by atoms with E-state index in [1.807, 2.05) is 85.7 Å². The fraction of sp³-hybridized carbons (Fsp3) is 0.286. The van der Waals surface area contributed by atoms with E-state index in [2.05, 4.69) is 19.2 Å². The Bertz CT molecular complexity index is 1200. The molecule has 0 fully saturated rings. The van der Waals surface area contributed by atoms with Gasteiger partial charge in [0.25, 0.3) is 5.91 Å². The molecule has 0 radical (unpaired) electrons. The highest BCUT2D eigenvalue weighted by molar-refractivity contribution is 6.06. The van der Waals surface area contributed by atoms with Crippen LogP contribution in [-0.2, 0) is 0 Å². The Morgan fingerprint density at radius 3 is 2.50 bits per heavy atom. The van der Waals surface area contributed by atoms with Gasteiger partial charge in [0.15, 0.2) is 0 Å². The summed E-state index contributed by atoms with van der Waals surface area (Å²) >= 11 is 0. The lowest BCUT2D eigenvalue weighted by Crippen LogP contribution is -2.22. The van der Waals surface area contributed by atoms with Gasteiger partial charge in [0.05, 0.1) is 18.0 Å². The molecule has 176 valence electrons. The van der Waals surface area contributed by atoms with Crippen molar-refractivity contribution in [3.05, 3.63) is 83.4 Å². The summed E-state index contributed by atoms with van der Waals surface area (Å²) in [6, 6.07) is 21.3. The van der Waals surface area contributed by atoms with Gasteiger partial charge in [-0.15, -0.1) is 0 Å². The molecule has 0 aliphatic carbocycles. The molecule has 0 saturated carbocycles. The molecule has 2 atom stereocenters. The van der Waals surface area contributed by atoms with Crippen molar-refractivity contribution >= 4 is 28.7 Å². The molecule has 1 heterocycles. The van der Waals surface area contributed by atoms with Crippen molar-refractivity contribution in [2.24, 2.45) is 10.9 Å². The van der Waals surface area contributed by atoms with Gasteiger partial charge in [-0.2, -0.15) is 0 Å². The van der Waals surface area contributed by atoms with E-state index in [0.29, 0.717) is 5.56 Å². The van der Waals surface area contributed by atoms with Crippen LogP contribution in [0, 0.1) is 5.92 Å². The Kier molecular flexibility index (Phi) is 6.98. The lowest BCUT2D eigenvalue weighted by Gasteiger charge is -2.29. The van der Waals surface area contributed by atoms with Crippen molar-refractivity contribution in [1.82, 2.24) is 0 Å². The largest absolute Gasteiger partial charge is 0.491 e. The molecule has 1 amide bonds. The average Bonchev–Trinajstić information content (AvgIpc) is 2.85. The number of aliphatic imine (C=N–C) groups is 1. The number of hydrogen-bond donors (Lipinski definition) is 2. The monoisotopic (exact) mass is 457 g/mol. The average molecular weight is 458 g/mol. The second-order valence-electron chi connectivity index (χ2n) is 8.84. The summed E-state index contributed by atoms with van der Waals surface area (Å²) in [6.07, 6.45) is 0. The zero-order valence-electron chi connectivity index (χ0n) is 20.1.